The van der Waals surface area contributed by atoms with E-state index in [0.29, 0.717) is 19.5 Å². The Morgan fingerprint density at radius 3 is 2.58 bits per heavy atom. The van der Waals surface area contributed by atoms with Crippen molar-refractivity contribution in [1.82, 2.24) is 10.6 Å². The van der Waals surface area contributed by atoms with Crippen LogP contribution in [0.1, 0.15) is 12.0 Å². The molecule has 1 aromatic carbocycles. The molecule has 0 fully saturated rings. The predicted molar refractivity (Wildman–Crippen MR) is 71.3 cm³/mol. The normalized spacial score (nSPS) is 11.5. The van der Waals surface area contributed by atoms with E-state index >= 15 is 0 Å². The van der Waals surface area contributed by atoms with Crippen molar-refractivity contribution in [2.75, 3.05) is 13.7 Å². The molecule has 1 unspecified atom stereocenters. The third kappa shape index (κ3) is 5.87. The lowest BCUT2D eigenvalue weighted by Crippen LogP contribution is -2.42. The molecule has 0 radical (unpaired) electrons. The summed E-state index contributed by atoms with van der Waals surface area (Å²) in [6.45, 7) is 0.740. The Balaban J connectivity index is 2.23. The smallest absolute Gasteiger partial charge is 0.406 e. The van der Waals surface area contributed by atoms with Gasteiger partial charge in [-0.1, -0.05) is 30.3 Å². The number of alkyl carbamates (subject to hydrolysis) is 1. The second-order valence-electron chi connectivity index (χ2n) is 4.02. The molecular formula is C13H19N3O3. The minimum Gasteiger partial charge on any atom is -0.453 e. The number of hydrogen-bond donors (Lipinski definition) is 3. The fraction of sp³-hybridized carbons (Fsp3) is 0.385. The van der Waals surface area contributed by atoms with Gasteiger partial charge in [-0.2, -0.15) is 0 Å². The zero-order chi connectivity index (χ0) is 14.1. The monoisotopic (exact) mass is 265 g/mol. The molecule has 0 bridgehead atoms. The maximum atomic E-state index is 11.7. The van der Waals surface area contributed by atoms with Crippen molar-refractivity contribution in [3.63, 3.8) is 0 Å². The van der Waals surface area contributed by atoms with Crippen molar-refractivity contribution in [3.05, 3.63) is 35.9 Å². The minimum atomic E-state index is -0.652. The van der Waals surface area contributed by atoms with Gasteiger partial charge in [0.1, 0.15) is 0 Å². The summed E-state index contributed by atoms with van der Waals surface area (Å²) in [5.41, 5.74) is 6.71. The van der Waals surface area contributed by atoms with Crippen molar-refractivity contribution in [2.45, 2.75) is 19.0 Å². The van der Waals surface area contributed by atoms with E-state index in [1.54, 1.807) is 0 Å². The van der Waals surface area contributed by atoms with E-state index in [1.165, 1.54) is 7.11 Å². The second kappa shape index (κ2) is 8.10. The highest BCUT2D eigenvalue weighted by atomic mass is 16.5. The Labute approximate surface area is 112 Å². The van der Waals surface area contributed by atoms with Crippen LogP contribution in [-0.2, 0) is 16.1 Å². The summed E-state index contributed by atoms with van der Waals surface area (Å²) >= 11 is 0. The maximum absolute atomic E-state index is 11.7. The summed E-state index contributed by atoms with van der Waals surface area (Å²) in [6.07, 6.45) is -0.174. The molecular weight excluding hydrogens is 246 g/mol. The van der Waals surface area contributed by atoms with Gasteiger partial charge in [-0.05, 0) is 12.0 Å². The molecule has 1 atom stereocenters. The number of nitrogens with one attached hydrogen (secondary N) is 2. The lowest BCUT2D eigenvalue weighted by Gasteiger charge is -2.12. The van der Waals surface area contributed by atoms with Crippen LogP contribution < -0.4 is 16.4 Å². The number of benzene rings is 1. The van der Waals surface area contributed by atoms with Crippen LogP contribution in [-0.4, -0.2) is 31.7 Å². The Hall–Kier alpha value is -2.08. The van der Waals surface area contributed by atoms with Gasteiger partial charge in [-0.15, -0.1) is 0 Å². The first-order valence-corrected chi connectivity index (χ1v) is 6.02. The number of methoxy groups -OCH3 is 1. The van der Waals surface area contributed by atoms with Gasteiger partial charge in [0.15, 0.2) is 0 Å². The number of carbonyl (C=O) groups excluding carboxylic acids is 2. The second-order valence-corrected chi connectivity index (χ2v) is 4.02. The average molecular weight is 265 g/mol. The zero-order valence-electron chi connectivity index (χ0n) is 10.9. The molecule has 19 heavy (non-hydrogen) atoms. The highest BCUT2D eigenvalue weighted by molar-refractivity contribution is 5.81. The zero-order valence-corrected chi connectivity index (χ0v) is 10.9. The maximum Gasteiger partial charge on any atom is 0.406 e. The van der Waals surface area contributed by atoms with Crippen molar-refractivity contribution in [2.24, 2.45) is 5.73 Å². The Kier molecular flexibility index (Phi) is 6.38. The van der Waals surface area contributed by atoms with Gasteiger partial charge in [0.2, 0.25) is 5.91 Å². The first-order valence-electron chi connectivity index (χ1n) is 6.02. The van der Waals surface area contributed by atoms with E-state index in [1.807, 2.05) is 30.3 Å². The Morgan fingerprint density at radius 2 is 1.95 bits per heavy atom. The summed E-state index contributed by atoms with van der Waals surface area (Å²) < 4.78 is 4.41. The molecule has 0 spiro atoms. The number of hydrogen-bond acceptors (Lipinski definition) is 4. The molecule has 6 heteroatoms. The van der Waals surface area contributed by atoms with Crippen LogP contribution in [0.3, 0.4) is 0 Å². The summed E-state index contributed by atoms with van der Waals surface area (Å²) in [7, 11) is 1.28. The van der Waals surface area contributed by atoms with Gasteiger partial charge in [0, 0.05) is 13.1 Å². The SMILES string of the molecule is COC(=O)NCCC(N)C(=O)NCc1ccccc1. The van der Waals surface area contributed by atoms with Gasteiger partial charge < -0.3 is 21.1 Å². The van der Waals surface area contributed by atoms with Crippen LogP contribution in [0.4, 0.5) is 4.79 Å². The minimum absolute atomic E-state index is 0.240. The number of ether oxygens (including phenoxy) is 1. The summed E-state index contributed by atoms with van der Waals surface area (Å²) in [5, 5.41) is 5.21. The number of rotatable bonds is 6. The third-order valence-corrected chi connectivity index (χ3v) is 2.56. The van der Waals surface area contributed by atoms with Gasteiger partial charge in [-0.3, -0.25) is 4.79 Å². The molecule has 104 valence electrons. The standard InChI is InChI=1S/C13H19N3O3/c1-19-13(18)15-8-7-11(14)12(17)16-9-10-5-3-2-4-6-10/h2-6,11H,7-9,14H2,1H3,(H,15,18)(H,16,17). The first kappa shape index (κ1) is 15.0. The molecule has 4 N–H and O–H groups in total. The molecule has 0 heterocycles. The molecule has 1 aromatic rings. The molecule has 0 saturated carbocycles. The van der Waals surface area contributed by atoms with Gasteiger partial charge in [0.05, 0.1) is 13.2 Å². The van der Waals surface area contributed by atoms with Crippen LogP contribution in [0.5, 0.6) is 0 Å². The summed E-state index contributed by atoms with van der Waals surface area (Å²) in [5.74, 6) is -0.240. The van der Waals surface area contributed by atoms with E-state index in [-0.39, 0.29) is 5.91 Å². The quantitative estimate of drug-likeness (QED) is 0.693. The molecule has 2 amide bonds. The van der Waals surface area contributed by atoms with Crippen molar-refractivity contribution in [1.29, 1.82) is 0 Å². The molecule has 0 aliphatic carbocycles. The molecule has 1 rings (SSSR count). The molecule has 0 aromatic heterocycles. The molecule has 0 aliphatic heterocycles. The van der Waals surface area contributed by atoms with Crippen LogP contribution in [0.15, 0.2) is 30.3 Å². The van der Waals surface area contributed by atoms with Crippen molar-refractivity contribution in [3.8, 4) is 0 Å². The van der Waals surface area contributed by atoms with Crippen LogP contribution in [0, 0.1) is 0 Å². The topological polar surface area (TPSA) is 93.4 Å². The van der Waals surface area contributed by atoms with E-state index in [9.17, 15) is 9.59 Å². The lowest BCUT2D eigenvalue weighted by molar-refractivity contribution is -0.122. The Bertz CT molecular complexity index is 409. The predicted octanol–water partition coefficient (Wildman–Crippen LogP) is 0.376. The van der Waals surface area contributed by atoms with E-state index in [0.717, 1.165) is 5.56 Å². The van der Waals surface area contributed by atoms with Gasteiger partial charge in [-0.25, -0.2) is 4.79 Å². The Morgan fingerprint density at radius 1 is 1.26 bits per heavy atom. The summed E-state index contributed by atoms with van der Waals surface area (Å²) in [6, 6.07) is 8.91. The average Bonchev–Trinajstić information content (AvgIpc) is 2.45. The highest BCUT2D eigenvalue weighted by Crippen LogP contribution is 1.97. The lowest BCUT2D eigenvalue weighted by atomic mass is 10.2. The molecule has 0 aliphatic rings. The fourth-order valence-electron chi connectivity index (χ4n) is 1.45. The molecule has 0 saturated heterocycles. The first-order chi connectivity index (χ1) is 9.13. The van der Waals surface area contributed by atoms with Crippen LogP contribution in [0.2, 0.25) is 0 Å². The van der Waals surface area contributed by atoms with Crippen LogP contribution in [0.25, 0.3) is 0 Å². The molecule has 6 nitrogen and oxygen atoms in total. The number of amides is 2. The van der Waals surface area contributed by atoms with E-state index in [4.69, 9.17) is 5.73 Å². The van der Waals surface area contributed by atoms with Gasteiger partial charge >= 0.3 is 6.09 Å². The highest BCUT2D eigenvalue weighted by Gasteiger charge is 2.13. The summed E-state index contributed by atoms with van der Waals surface area (Å²) in [4.78, 5) is 22.5. The third-order valence-electron chi connectivity index (χ3n) is 2.56. The fourth-order valence-corrected chi connectivity index (χ4v) is 1.45. The van der Waals surface area contributed by atoms with E-state index < -0.39 is 12.1 Å². The van der Waals surface area contributed by atoms with Crippen molar-refractivity contribution >= 4 is 12.0 Å². The number of carbonyl (C=O) groups is 2. The van der Waals surface area contributed by atoms with Crippen LogP contribution >= 0.6 is 0 Å². The number of nitrogens with two attached hydrogens (primary N) is 1. The van der Waals surface area contributed by atoms with Gasteiger partial charge in [0.25, 0.3) is 0 Å². The van der Waals surface area contributed by atoms with Crippen molar-refractivity contribution < 1.29 is 14.3 Å². The van der Waals surface area contributed by atoms with E-state index in [2.05, 4.69) is 15.4 Å². The largest absolute Gasteiger partial charge is 0.453 e.